The Kier molecular flexibility index (Phi) is 13.6. The topological polar surface area (TPSA) is 140 Å². The smallest absolute Gasteiger partial charge is 0.307 e. The Hall–Kier alpha value is -3.14. The first kappa shape index (κ1) is 38.7. The molecule has 2 aliphatic carbocycles. The van der Waals surface area contributed by atoms with Gasteiger partial charge in [-0.05, 0) is 74.0 Å². The van der Waals surface area contributed by atoms with E-state index in [0.29, 0.717) is 11.1 Å². The van der Waals surface area contributed by atoms with Gasteiger partial charge in [-0.1, -0.05) is 75.6 Å². The minimum Gasteiger partial charge on any atom is -0.481 e. The number of alkyl halides is 2. The van der Waals surface area contributed by atoms with Crippen molar-refractivity contribution in [2.75, 3.05) is 19.6 Å². The van der Waals surface area contributed by atoms with Crippen LogP contribution >= 0.6 is 11.6 Å². The number of benzene rings is 1. The lowest BCUT2D eigenvalue weighted by Gasteiger charge is -2.22. The molecule has 49 heavy (non-hydrogen) atoms. The number of nitrogens with one attached hydrogen (secondary N) is 1. The van der Waals surface area contributed by atoms with Crippen LogP contribution in [0.4, 0.5) is 8.78 Å². The molecule has 268 valence electrons. The van der Waals surface area contributed by atoms with Crippen LogP contribution in [0.25, 0.3) is 11.1 Å². The van der Waals surface area contributed by atoms with Crippen molar-refractivity contribution in [2.24, 2.45) is 11.8 Å². The minimum absolute atomic E-state index is 0.0112. The van der Waals surface area contributed by atoms with Crippen LogP contribution in [0.15, 0.2) is 47.5 Å². The SMILES string of the molecule is CCCCCCCCCCNC1(C#N)CC1.O=C(O)[C@@H]1C[C@H](S(=O)(=O)c2cccc(-c3ccnc(Cl)c3)c2)C[C@H]1C(=O)N1CCC(F)(F)C1. The highest BCUT2D eigenvalue weighted by Crippen LogP contribution is 2.41. The number of hydrogen-bond acceptors (Lipinski definition) is 7. The summed E-state index contributed by atoms with van der Waals surface area (Å²) in [5.41, 5.74) is 1.13. The van der Waals surface area contributed by atoms with E-state index in [9.17, 15) is 31.9 Å². The Bertz CT molecular complexity index is 1600. The van der Waals surface area contributed by atoms with Gasteiger partial charge < -0.3 is 10.0 Å². The average Bonchev–Trinajstić information content (AvgIpc) is 3.54. The van der Waals surface area contributed by atoms with Gasteiger partial charge in [-0.15, -0.1) is 0 Å². The van der Waals surface area contributed by atoms with E-state index < -0.39 is 57.7 Å². The van der Waals surface area contributed by atoms with Gasteiger partial charge >= 0.3 is 5.97 Å². The van der Waals surface area contributed by atoms with Crippen LogP contribution in [0, 0.1) is 23.2 Å². The zero-order valence-electron chi connectivity index (χ0n) is 28.1. The van der Waals surface area contributed by atoms with E-state index in [0.717, 1.165) is 24.3 Å². The quantitative estimate of drug-likeness (QED) is 0.144. The first-order valence-corrected chi connectivity index (χ1v) is 19.2. The van der Waals surface area contributed by atoms with Crippen LogP contribution in [-0.2, 0) is 19.4 Å². The number of rotatable bonds is 15. The lowest BCUT2D eigenvalue weighted by Crippen LogP contribution is -2.39. The van der Waals surface area contributed by atoms with Gasteiger partial charge in [0, 0.05) is 19.2 Å². The number of hydrogen-bond donors (Lipinski definition) is 2. The molecule has 2 heterocycles. The van der Waals surface area contributed by atoms with E-state index in [1.807, 2.05) is 0 Å². The van der Waals surface area contributed by atoms with Gasteiger partial charge in [0.2, 0.25) is 5.91 Å². The van der Waals surface area contributed by atoms with Gasteiger partial charge in [-0.2, -0.15) is 5.26 Å². The molecule has 3 atom stereocenters. The number of carbonyl (C=O) groups excluding carboxylic acids is 1. The van der Waals surface area contributed by atoms with Crippen LogP contribution in [0.1, 0.15) is 90.4 Å². The van der Waals surface area contributed by atoms with Crippen molar-refractivity contribution in [3.63, 3.8) is 0 Å². The summed E-state index contributed by atoms with van der Waals surface area (Å²) in [4.78, 5) is 29.5. The number of aliphatic carboxylic acids is 1. The largest absolute Gasteiger partial charge is 0.481 e. The van der Waals surface area contributed by atoms with E-state index in [1.165, 1.54) is 69.7 Å². The first-order valence-electron chi connectivity index (χ1n) is 17.3. The van der Waals surface area contributed by atoms with E-state index in [1.54, 1.807) is 24.3 Å². The molecule has 0 unspecified atom stereocenters. The maximum absolute atomic E-state index is 13.6. The van der Waals surface area contributed by atoms with Crippen LogP contribution in [0.5, 0.6) is 0 Å². The number of nitrogens with zero attached hydrogens (tertiary/aromatic N) is 3. The number of carboxylic acids is 1. The summed E-state index contributed by atoms with van der Waals surface area (Å²) >= 11 is 5.92. The van der Waals surface area contributed by atoms with Gasteiger partial charge in [0.25, 0.3) is 5.92 Å². The molecule has 9 nitrogen and oxygen atoms in total. The van der Waals surface area contributed by atoms with Crippen molar-refractivity contribution >= 4 is 33.3 Å². The van der Waals surface area contributed by atoms with Crippen molar-refractivity contribution < 1.29 is 31.9 Å². The molecule has 13 heteroatoms. The Morgan fingerprint density at radius 2 is 1.67 bits per heavy atom. The van der Waals surface area contributed by atoms with Crippen LogP contribution < -0.4 is 5.32 Å². The third kappa shape index (κ3) is 10.7. The Morgan fingerprint density at radius 1 is 1.02 bits per heavy atom. The van der Waals surface area contributed by atoms with Crippen molar-refractivity contribution in [3.05, 3.63) is 47.7 Å². The molecule has 0 bridgehead atoms. The highest BCUT2D eigenvalue weighted by atomic mass is 35.5. The van der Waals surface area contributed by atoms with Crippen LogP contribution in [0.2, 0.25) is 5.15 Å². The molecule has 0 spiro atoms. The molecular weight excluding hydrogens is 674 g/mol. The van der Waals surface area contributed by atoms with Gasteiger partial charge in [0.05, 0.1) is 34.6 Å². The number of aromatic nitrogens is 1. The van der Waals surface area contributed by atoms with Crippen molar-refractivity contribution in [2.45, 2.75) is 112 Å². The standard InChI is InChI=1S/C22H21ClF2N2O5S.C14H26N2/c23-19-9-14(4-6-26-19)13-2-1-3-15(8-13)33(31,32)16-10-17(18(11-16)21(29)30)20(28)27-7-5-22(24,25)12-27;1-2-3-4-5-6-7-8-9-12-16-14(13-15)10-11-14/h1-4,6,8-9,16-18H,5,7,10-12H2,(H,29,30);16H,2-12H2,1H3/t16-,17-,18-;/m1./s1. The van der Waals surface area contributed by atoms with Crippen molar-refractivity contribution in [1.82, 2.24) is 15.2 Å². The molecular formula is C36H47ClF2N4O5S. The molecule has 2 N–H and O–H groups in total. The minimum atomic E-state index is -3.99. The van der Waals surface area contributed by atoms with Gasteiger partial charge in [0.1, 0.15) is 10.7 Å². The van der Waals surface area contributed by atoms with Crippen molar-refractivity contribution in [3.8, 4) is 17.2 Å². The highest BCUT2D eigenvalue weighted by Gasteiger charge is 2.51. The number of nitriles is 1. The van der Waals surface area contributed by atoms with Crippen molar-refractivity contribution in [1.29, 1.82) is 5.26 Å². The zero-order valence-corrected chi connectivity index (χ0v) is 29.6. The number of likely N-dealkylation sites (tertiary alicyclic amines) is 1. The van der Waals surface area contributed by atoms with Crippen LogP contribution in [0.3, 0.4) is 0 Å². The molecule has 1 aromatic heterocycles. The summed E-state index contributed by atoms with van der Waals surface area (Å²) in [5.74, 6) is -7.48. The summed E-state index contributed by atoms with van der Waals surface area (Å²) in [6.45, 7) is 2.34. The predicted octanol–water partition coefficient (Wildman–Crippen LogP) is 7.30. The lowest BCUT2D eigenvalue weighted by molar-refractivity contribution is -0.149. The third-order valence-electron chi connectivity index (χ3n) is 9.75. The highest BCUT2D eigenvalue weighted by molar-refractivity contribution is 7.92. The molecule has 1 aromatic carbocycles. The average molecular weight is 721 g/mol. The van der Waals surface area contributed by atoms with Crippen LogP contribution in [-0.4, -0.2) is 71.6 Å². The Labute approximate surface area is 293 Å². The molecule has 2 saturated carbocycles. The molecule has 3 fully saturated rings. The molecule has 1 aliphatic heterocycles. The number of pyridine rings is 1. The van der Waals surface area contributed by atoms with E-state index in [2.05, 4.69) is 23.3 Å². The molecule has 0 radical (unpaired) electrons. The van der Waals surface area contributed by atoms with E-state index in [4.69, 9.17) is 16.9 Å². The lowest BCUT2D eigenvalue weighted by atomic mass is 9.95. The predicted molar refractivity (Wildman–Crippen MR) is 184 cm³/mol. The van der Waals surface area contributed by atoms with E-state index >= 15 is 0 Å². The second-order valence-electron chi connectivity index (χ2n) is 13.5. The summed E-state index contributed by atoms with van der Waals surface area (Å²) < 4.78 is 53.9. The zero-order chi connectivity index (χ0) is 35.7. The number of unbranched alkanes of at least 4 members (excludes halogenated alkanes) is 7. The molecule has 3 aliphatic rings. The molecule has 1 saturated heterocycles. The number of sulfone groups is 1. The number of amides is 1. The third-order valence-corrected chi connectivity index (χ3v) is 12.1. The number of carboxylic acid groups (broad SMARTS) is 1. The summed E-state index contributed by atoms with van der Waals surface area (Å²) in [6, 6.07) is 11.8. The van der Waals surface area contributed by atoms with Gasteiger partial charge in [-0.25, -0.2) is 22.2 Å². The second kappa shape index (κ2) is 17.2. The Morgan fingerprint density at radius 3 is 2.27 bits per heavy atom. The molecule has 5 rings (SSSR count). The molecule has 2 aromatic rings. The monoisotopic (exact) mass is 720 g/mol. The Balaban J connectivity index is 0.000000284. The van der Waals surface area contributed by atoms with E-state index in [-0.39, 0.29) is 35.0 Å². The number of carbonyl (C=O) groups is 2. The second-order valence-corrected chi connectivity index (χ2v) is 16.2. The normalized spacial score (nSPS) is 22.2. The maximum atomic E-state index is 13.6. The fourth-order valence-electron chi connectivity index (χ4n) is 6.62. The number of halogens is 3. The molecule has 1 amide bonds. The fraction of sp³-hybridized carbons (Fsp3) is 0.611. The summed E-state index contributed by atoms with van der Waals surface area (Å²) in [6.07, 6.45) is 13.5. The van der Waals surface area contributed by atoms with Gasteiger partial charge in [0.15, 0.2) is 9.84 Å². The summed E-state index contributed by atoms with van der Waals surface area (Å²) in [5, 5.41) is 21.0. The summed E-state index contributed by atoms with van der Waals surface area (Å²) in [7, 11) is -3.99. The fourth-order valence-corrected chi connectivity index (χ4v) is 8.66. The van der Waals surface area contributed by atoms with Gasteiger partial charge in [-0.3, -0.25) is 14.9 Å². The first-order chi connectivity index (χ1) is 23.3. The maximum Gasteiger partial charge on any atom is 0.307 e.